The van der Waals surface area contributed by atoms with Gasteiger partial charge in [-0.2, -0.15) is 0 Å². The molecular weight excluding hydrogens is 292 g/mol. The molecule has 0 unspecified atom stereocenters. The van der Waals surface area contributed by atoms with Crippen LogP contribution in [0.2, 0.25) is 0 Å². The Bertz CT molecular complexity index is 312. The van der Waals surface area contributed by atoms with Crippen molar-refractivity contribution in [2.24, 2.45) is 0 Å². The highest BCUT2D eigenvalue weighted by Gasteiger charge is 1.98. The number of thiazole rings is 1. The Morgan fingerprint density at radius 1 is 1.64 bits per heavy atom. The minimum Gasteiger partial charge on any atom is -0.297 e. The van der Waals surface area contributed by atoms with Crippen LogP contribution in [0.4, 0.5) is 0 Å². The number of halogens is 2. The van der Waals surface area contributed by atoms with Gasteiger partial charge in [-0.15, -0.1) is 28.3 Å². The van der Waals surface area contributed by atoms with E-state index in [1.807, 2.05) is 22.2 Å². The van der Waals surface area contributed by atoms with Crippen LogP contribution in [-0.4, -0.2) is 9.38 Å². The highest BCUT2D eigenvalue weighted by molar-refractivity contribution is 9.08. The molecule has 0 amide bonds. The SMILES string of the molecule is Br.BrCc1cn2ccsc2n1. The third-order valence-electron chi connectivity index (χ3n) is 1.28. The minimum absolute atomic E-state index is 0. The third kappa shape index (κ3) is 1.65. The molecule has 0 aliphatic rings. The Morgan fingerprint density at radius 2 is 2.45 bits per heavy atom. The van der Waals surface area contributed by atoms with Crippen LogP contribution in [0.15, 0.2) is 17.8 Å². The van der Waals surface area contributed by atoms with Crippen molar-refractivity contribution in [3.8, 4) is 0 Å². The zero-order valence-corrected chi connectivity index (χ0v) is 9.64. The number of alkyl halides is 1. The zero-order chi connectivity index (χ0) is 6.97. The van der Waals surface area contributed by atoms with Crippen LogP contribution in [0.25, 0.3) is 4.96 Å². The molecule has 11 heavy (non-hydrogen) atoms. The van der Waals surface area contributed by atoms with E-state index in [9.17, 15) is 0 Å². The smallest absolute Gasteiger partial charge is 0.193 e. The second-order valence-electron chi connectivity index (χ2n) is 1.96. The van der Waals surface area contributed by atoms with E-state index in [4.69, 9.17) is 0 Å². The summed E-state index contributed by atoms with van der Waals surface area (Å²) >= 11 is 5.00. The number of imidazole rings is 1. The third-order valence-corrected chi connectivity index (χ3v) is 2.63. The van der Waals surface area contributed by atoms with E-state index in [-0.39, 0.29) is 17.0 Å². The predicted octanol–water partition coefficient (Wildman–Crippen LogP) is 2.87. The van der Waals surface area contributed by atoms with Gasteiger partial charge in [-0.25, -0.2) is 4.98 Å². The lowest BCUT2D eigenvalue weighted by atomic mass is 10.6. The first-order valence-corrected chi connectivity index (χ1v) is 4.87. The average Bonchev–Trinajstić information content (AvgIpc) is 2.42. The summed E-state index contributed by atoms with van der Waals surface area (Å²) in [5.74, 6) is 0. The first kappa shape index (κ1) is 9.22. The van der Waals surface area contributed by atoms with Crippen LogP contribution in [-0.2, 0) is 5.33 Å². The maximum absolute atomic E-state index is 4.33. The van der Waals surface area contributed by atoms with E-state index < -0.39 is 0 Å². The van der Waals surface area contributed by atoms with Crippen LogP contribution < -0.4 is 0 Å². The van der Waals surface area contributed by atoms with Gasteiger partial charge in [0, 0.05) is 23.1 Å². The molecular formula is C6H6Br2N2S. The van der Waals surface area contributed by atoms with Gasteiger partial charge in [0.2, 0.25) is 0 Å². The molecule has 0 bridgehead atoms. The summed E-state index contributed by atoms with van der Waals surface area (Å²) in [5, 5.41) is 2.86. The Hall–Kier alpha value is 0.130. The fourth-order valence-corrected chi connectivity index (χ4v) is 1.83. The molecule has 0 aliphatic carbocycles. The van der Waals surface area contributed by atoms with E-state index in [0.717, 1.165) is 16.0 Å². The maximum atomic E-state index is 4.33. The van der Waals surface area contributed by atoms with Gasteiger partial charge < -0.3 is 0 Å². The van der Waals surface area contributed by atoms with Gasteiger partial charge in [-0.1, -0.05) is 15.9 Å². The van der Waals surface area contributed by atoms with Crippen LogP contribution in [0.5, 0.6) is 0 Å². The number of rotatable bonds is 1. The van der Waals surface area contributed by atoms with Crippen LogP contribution >= 0.6 is 44.2 Å². The van der Waals surface area contributed by atoms with Gasteiger partial charge in [-0.3, -0.25) is 4.40 Å². The van der Waals surface area contributed by atoms with Crippen molar-refractivity contribution < 1.29 is 0 Å². The fraction of sp³-hybridized carbons (Fsp3) is 0.167. The predicted molar refractivity (Wildman–Crippen MR) is 56.0 cm³/mol. The summed E-state index contributed by atoms with van der Waals surface area (Å²) in [4.78, 5) is 5.39. The van der Waals surface area contributed by atoms with Gasteiger partial charge >= 0.3 is 0 Å². The Labute approximate surface area is 87.2 Å². The highest BCUT2D eigenvalue weighted by Crippen LogP contribution is 2.12. The average molecular weight is 298 g/mol. The second kappa shape index (κ2) is 3.69. The molecule has 5 heteroatoms. The maximum Gasteiger partial charge on any atom is 0.193 e. The Kier molecular flexibility index (Phi) is 3.09. The molecule has 0 aromatic carbocycles. The first-order valence-electron chi connectivity index (χ1n) is 2.87. The summed E-state index contributed by atoms with van der Waals surface area (Å²) in [5.41, 5.74) is 1.09. The molecule has 0 spiro atoms. The van der Waals surface area contributed by atoms with Gasteiger partial charge in [0.05, 0.1) is 5.69 Å². The number of fused-ring (bicyclic) bond motifs is 1. The molecule has 2 aromatic heterocycles. The second-order valence-corrected chi connectivity index (χ2v) is 3.39. The quantitative estimate of drug-likeness (QED) is 0.740. The molecule has 0 atom stereocenters. The van der Waals surface area contributed by atoms with E-state index >= 15 is 0 Å². The lowest BCUT2D eigenvalue weighted by Gasteiger charge is -1.77. The fourth-order valence-electron chi connectivity index (χ4n) is 0.840. The Balaban J connectivity index is 0.000000605. The summed E-state index contributed by atoms with van der Waals surface area (Å²) in [6, 6.07) is 0. The monoisotopic (exact) mass is 296 g/mol. The summed E-state index contributed by atoms with van der Waals surface area (Å²) < 4.78 is 2.03. The van der Waals surface area contributed by atoms with Crippen molar-refractivity contribution >= 4 is 49.2 Å². The van der Waals surface area contributed by atoms with Crippen LogP contribution in [0, 0.1) is 0 Å². The first-order chi connectivity index (χ1) is 4.90. The largest absolute Gasteiger partial charge is 0.297 e. The van der Waals surface area contributed by atoms with Crippen molar-refractivity contribution in [3.05, 3.63) is 23.5 Å². The molecule has 0 saturated heterocycles. The van der Waals surface area contributed by atoms with Crippen molar-refractivity contribution in [1.82, 2.24) is 9.38 Å². The minimum atomic E-state index is 0. The van der Waals surface area contributed by atoms with E-state index in [1.165, 1.54) is 0 Å². The number of hydrogen-bond acceptors (Lipinski definition) is 2. The highest BCUT2D eigenvalue weighted by atomic mass is 79.9. The van der Waals surface area contributed by atoms with Crippen molar-refractivity contribution in [1.29, 1.82) is 0 Å². The molecule has 0 radical (unpaired) electrons. The van der Waals surface area contributed by atoms with Gasteiger partial charge in [-0.05, 0) is 0 Å². The van der Waals surface area contributed by atoms with E-state index in [1.54, 1.807) is 11.3 Å². The lowest BCUT2D eigenvalue weighted by molar-refractivity contribution is 1.22. The number of hydrogen-bond donors (Lipinski definition) is 0. The molecule has 2 rings (SSSR count). The lowest BCUT2D eigenvalue weighted by Crippen LogP contribution is -1.71. The molecule has 2 heterocycles. The molecule has 0 saturated carbocycles. The summed E-state index contributed by atoms with van der Waals surface area (Å²) in [6.07, 6.45) is 4.04. The van der Waals surface area contributed by atoms with E-state index in [0.29, 0.717) is 0 Å². The van der Waals surface area contributed by atoms with Gasteiger partial charge in [0.1, 0.15) is 0 Å². The van der Waals surface area contributed by atoms with Crippen molar-refractivity contribution in [2.75, 3.05) is 0 Å². The number of aromatic nitrogens is 2. The normalized spacial score (nSPS) is 9.91. The molecule has 0 fully saturated rings. The molecule has 60 valence electrons. The topological polar surface area (TPSA) is 17.3 Å². The van der Waals surface area contributed by atoms with Crippen molar-refractivity contribution in [2.45, 2.75) is 5.33 Å². The molecule has 2 aromatic rings. The molecule has 0 N–H and O–H groups in total. The summed E-state index contributed by atoms with van der Waals surface area (Å²) in [7, 11) is 0. The van der Waals surface area contributed by atoms with Gasteiger partial charge in [0.15, 0.2) is 4.96 Å². The van der Waals surface area contributed by atoms with Crippen LogP contribution in [0.1, 0.15) is 5.69 Å². The summed E-state index contributed by atoms with van der Waals surface area (Å²) in [6.45, 7) is 0. The standard InChI is InChI=1S/C6H5BrN2S.BrH/c7-3-5-4-9-1-2-10-6(9)8-5;/h1-2,4H,3H2;1H. The van der Waals surface area contributed by atoms with Crippen LogP contribution in [0.3, 0.4) is 0 Å². The zero-order valence-electron chi connectivity index (χ0n) is 5.53. The van der Waals surface area contributed by atoms with Gasteiger partial charge in [0.25, 0.3) is 0 Å². The van der Waals surface area contributed by atoms with E-state index in [2.05, 4.69) is 20.9 Å². The Morgan fingerprint density at radius 3 is 3.09 bits per heavy atom. The van der Waals surface area contributed by atoms with Crippen molar-refractivity contribution in [3.63, 3.8) is 0 Å². The number of nitrogens with zero attached hydrogens (tertiary/aromatic N) is 2. The molecule has 2 nitrogen and oxygen atoms in total. The molecule has 0 aliphatic heterocycles.